The van der Waals surface area contributed by atoms with Crippen LogP contribution in [0.4, 0.5) is 0 Å². The molecule has 1 aromatic rings. The molecule has 0 saturated carbocycles. The van der Waals surface area contributed by atoms with E-state index in [0.29, 0.717) is 0 Å². The molecule has 1 unspecified atom stereocenters. The van der Waals surface area contributed by atoms with Gasteiger partial charge in [0.15, 0.2) is 0 Å². The Morgan fingerprint density at radius 2 is 2.20 bits per heavy atom. The van der Waals surface area contributed by atoms with Crippen LogP contribution in [0.25, 0.3) is 0 Å². The molecule has 0 amide bonds. The van der Waals surface area contributed by atoms with Crippen LogP contribution >= 0.6 is 0 Å². The zero-order valence-corrected chi connectivity index (χ0v) is 9.15. The summed E-state index contributed by atoms with van der Waals surface area (Å²) in [6, 6.07) is 7.78. The molecule has 1 N–H and O–H groups in total. The first-order chi connectivity index (χ1) is 7.31. The number of ether oxygens (including phenoxy) is 1. The van der Waals surface area contributed by atoms with E-state index in [1.54, 1.807) is 0 Å². The molecule has 1 heterocycles. The SMILES string of the molecule is CCCCC1C[C@@H](O)c2ccccc2O1. The van der Waals surface area contributed by atoms with Crippen molar-refractivity contribution in [2.24, 2.45) is 0 Å². The second-order valence-electron chi connectivity index (χ2n) is 4.17. The summed E-state index contributed by atoms with van der Waals surface area (Å²) in [5.74, 6) is 0.859. The molecule has 1 aromatic carbocycles. The van der Waals surface area contributed by atoms with E-state index in [0.717, 1.165) is 24.2 Å². The summed E-state index contributed by atoms with van der Waals surface area (Å²) in [4.78, 5) is 0. The number of benzene rings is 1. The molecule has 82 valence electrons. The van der Waals surface area contributed by atoms with Gasteiger partial charge in [0.2, 0.25) is 0 Å². The number of hydrogen-bond donors (Lipinski definition) is 1. The lowest BCUT2D eigenvalue weighted by atomic mass is 9.96. The average molecular weight is 206 g/mol. The van der Waals surface area contributed by atoms with Gasteiger partial charge in [-0.15, -0.1) is 0 Å². The molecule has 0 fully saturated rings. The van der Waals surface area contributed by atoms with Crippen LogP contribution in [-0.4, -0.2) is 11.2 Å². The number of para-hydroxylation sites is 1. The van der Waals surface area contributed by atoms with E-state index in [-0.39, 0.29) is 12.2 Å². The summed E-state index contributed by atoms with van der Waals surface area (Å²) in [5.41, 5.74) is 0.935. The molecule has 0 aromatic heterocycles. The third-order valence-corrected chi connectivity index (χ3v) is 2.94. The summed E-state index contributed by atoms with van der Waals surface area (Å²) < 4.78 is 5.84. The van der Waals surface area contributed by atoms with Gasteiger partial charge in [-0.1, -0.05) is 38.0 Å². The molecule has 0 bridgehead atoms. The van der Waals surface area contributed by atoms with E-state index >= 15 is 0 Å². The molecule has 0 spiro atoms. The van der Waals surface area contributed by atoms with Gasteiger partial charge in [-0.05, 0) is 12.5 Å². The Labute approximate surface area is 90.9 Å². The van der Waals surface area contributed by atoms with Crippen molar-refractivity contribution in [3.05, 3.63) is 29.8 Å². The lowest BCUT2D eigenvalue weighted by Crippen LogP contribution is -2.25. The number of fused-ring (bicyclic) bond motifs is 1. The number of rotatable bonds is 3. The standard InChI is InChI=1S/C13H18O2/c1-2-3-6-10-9-12(14)11-7-4-5-8-13(11)15-10/h4-5,7-8,10,12,14H,2-3,6,9H2,1H3/t10?,12-/m1/s1. The van der Waals surface area contributed by atoms with Crippen LogP contribution in [0.5, 0.6) is 5.75 Å². The zero-order valence-electron chi connectivity index (χ0n) is 9.15. The van der Waals surface area contributed by atoms with Gasteiger partial charge >= 0.3 is 0 Å². The number of aliphatic hydroxyl groups is 1. The molecule has 2 nitrogen and oxygen atoms in total. The first-order valence-corrected chi connectivity index (χ1v) is 5.75. The topological polar surface area (TPSA) is 29.5 Å². The summed E-state index contributed by atoms with van der Waals surface area (Å²) in [7, 11) is 0. The maximum atomic E-state index is 9.95. The summed E-state index contributed by atoms with van der Waals surface area (Å²) in [6.07, 6.45) is 3.96. The molecule has 2 atom stereocenters. The minimum atomic E-state index is -0.350. The van der Waals surface area contributed by atoms with Gasteiger partial charge in [0.05, 0.1) is 6.10 Å². The smallest absolute Gasteiger partial charge is 0.125 e. The highest BCUT2D eigenvalue weighted by Crippen LogP contribution is 2.35. The van der Waals surface area contributed by atoms with Gasteiger partial charge in [-0.2, -0.15) is 0 Å². The predicted octanol–water partition coefficient (Wildman–Crippen LogP) is 3.06. The van der Waals surface area contributed by atoms with Crippen LogP contribution in [-0.2, 0) is 0 Å². The molecular formula is C13H18O2. The van der Waals surface area contributed by atoms with Crippen molar-refractivity contribution in [2.45, 2.75) is 44.8 Å². The molecule has 2 heteroatoms. The second-order valence-corrected chi connectivity index (χ2v) is 4.17. The Morgan fingerprint density at radius 3 is 3.00 bits per heavy atom. The van der Waals surface area contributed by atoms with Gasteiger partial charge in [0.1, 0.15) is 11.9 Å². The van der Waals surface area contributed by atoms with Crippen molar-refractivity contribution in [1.82, 2.24) is 0 Å². The molecule has 0 saturated heterocycles. The van der Waals surface area contributed by atoms with Gasteiger partial charge in [-0.3, -0.25) is 0 Å². The van der Waals surface area contributed by atoms with Crippen molar-refractivity contribution in [2.75, 3.05) is 0 Å². The fourth-order valence-corrected chi connectivity index (χ4v) is 2.08. The molecular weight excluding hydrogens is 188 g/mol. The normalized spacial score (nSPS) is 24.4. The van der Waals surface area contributed by atoms with Crippen molar-refractivity contribution in [3.63, 3.8) is 0 Å². The molecule has 1 aliphatic heterocycles. The Balaban J connectivity index is 2.08. The minimum absolute atomic E-state index is 0.190. The van der Waals surface area contributed by atoms with Crippen LogP contribution < -0.4 is 4.74 Å². The fraction of sp³-hybridized carbons (Fsp3) is 0.538. The van der Waals surface area contributed by atoms with Crippen LogP contribution in [0, 0.1) is 0 Å². The molecule has 15 heavy (non-hydrogen) atoms. The molecule has 2 rings (SSSR count). The third kappa shape index (κ3) is 2.32. The van der Waals surface area contributed by atoms with E-state index in [2.05, 4.69) is 6.92 Å². The van der Waals surface area contributed by atoms with Crippen molar-refractivity contribution in [1.29, 1.82) is 0 Å². The van der Waals surface area contributed by atoms with Gasteiger partial charge in [-0.25, -0.2) is 0 Å². The van der Waals surface area contributed by atoms with Gasteiger partial charge in [0.25, 0.3) is 0 Å². The van der Waals surface area contributed by atoms with Crippen LogP contribution in [0.2, 0.25) is 0 Å². The van der Waals surface area contributed by atoms with E-state index < -0.39 is 0 Å². The summed E-state index contributed by atoms with van der Waals surface area (Å²) in [6.45, 7) is 2.17. The summed E-state index contributed by atoms with van der Waals surface area (Å²) in [5, 5.41) is 9.95. The lowest BCUT2D eigenvalue weighted by Gasteiger charge is -2.29. The van der Waals surface area contributed by atoms with Crippen molar-refractivity contribution >= 4 is 0 Å². The molecule has 1 aliphatic rings. The third-order valence-electron chi connectivity index (χ3n) is 2.94. The maximum Gasteiger partial charge on any atom is 0.125 e. The van der Waals surface area contributed by atoms with Crippen LogP contribution in [0.3, 0.4) is 0 Å². The maximum absolute atomic E-state index is 9.95. The number of aliphatic hydroxyl groups excluding tert-OH is 1. The largest absolute Gasteiger partial charge is 0.490 e. The quantitative estimate of drug-likeness (QED) is 0.823. The zero-order chi connectivity index (χ0) is 10.7. The van der Waals surface area contributed by atoms with E-state index in [1.807, 2.05) is 24.3 Å². The highest BCUT2D eigenvalue weighted by atomic mass is 16.5. The Kier molecular flexibility index (Phi) is 3.27. The monoisotopic (exact) mass is 206 g/mol. The van der Waals surface area contributed by atoms with Crippen molar-refractivity contribution in [3.8, 4) is 5.75 Å². The first-order valence-electron chi connectivity index (χ1n) is 5.75. The van der Waals surface area contributed by atoms with E-state index in [1.165, 1.54) is 12.8 Å². The van der Waals surface area contributed by atoms with Crippen molar-refractivity contribution < 1.29 is 9.84 Å². The minimum Gasteiger partial charge on any atom is -0.490 e. The predicted molar refractivity (Wildman–Crippen MR) is 60.0 cm³/mol. The molecule has 0 aliphatic carbocycles. The number of unbranched alkanes of at least 4 members (excludes halogenated alkanes) is 1. The van der Waals surface area contributed by atoms with Gasteiger partial charge < -0.3 is 9.84 Å². The van der Waals surface area contributed by atoms with Crippen LogP contribution in [0.15, 0.2) is 24.3 Å². The Hall–Kier alpha value is -1.02. The second kappa shape index (κ2) is 4.67. The fourth-order valence-electron chi connectivity index (χ4n) is 2.08. The Morgan fingerprint density at radius 1 is 1.40 bits per heavy atom. The Bertz CT molecular complexity index is 322. The van der Waals surface area contributed by atoms with E-state index in [9.17, 15) is 5.11 Å². The highest BCUT2D eigenvalue weighted by Gasteiger charge is 2.25. The number of hydrogen-bond acceptors (Lipinski definition) is 2. The van der Waals surface area contributed by atoms with E-state index in [4.69, 9.17) is 4.74 Å². The lowest BCUT2D eigenvalue weighted by molar-refractivity contribution is 0.0607. The van der Waals surface area contributed by atoms with Crippen LogP contribution in [0.1, 0.15) is 44.3 Å². The highest BCUT2D eigenvalue weighted by molar-refractivity contribution is 5.36. The average Bonchev–Trinajstić information content (AvgIpc) is 2.26. The summed E-state index contributed by atoms with van der Waals surface area (Å²) >= 11 is 0. The first kappa shape index (κ1) is 10.5. The van der Waals surface area contributed by atoms with Gasteiger partial charge in [0, 0.05) is 12.0 Å². The molecule has 0 radical (unpaired) electrons.